The zero-order valence-electron chi connectivity index (χ0n) is 6.41. The van der Waals surface area contributed by atoms with Crippen LogP contribution in [0.4, 0.5) is 0 Å². The van der Waals surface area contributed by atoms with Gasteiger partial charge in [-0.1, -0.05) is 6.07 Å². The minimum absolute atomic E-state index is 0.0787. The molecule has 0 amide bonds. The van der Waals surface area contributed by atoms with E-state index in [4.69, 9.17) is 5.26 Å². The summed E-state index contributed by atoms with van der Waals surface area (Å²) in [5.41, 5.74) is 0. The zero-order chi connectivity index (χ0) is 9.42. The Hall–Kier alpha value is -1.05. The predicted octanol–water partition coefficient (Wildman–Crippen LogP) is 3.24. The Morgan fingerprint density at radius 3 is 2.85 bits per heavy atom. The summed E-state index contributed by atoms with van der Waals surface area (Å²) in [7, 11) is 0. The number of rotatable bonds is 0. The maximum absolute atomic E-state index is 9.63. The number of halogens is 1. The van der Waals surface area contributed by atoms with Crippen LogP contribution >= 0.6 is 27.3 Å². The molecule has 0 fully saturated rings. The van der Waals surface area contributed by atoms with Gasteiger partial charge in [-0.2, -0.15) is 5.26 Å². The summed E-state index contributed by atoms with van der Waals surface area (Å²) in [5, 5.41) is 19.0. The number of hydrogen-bond donors (Lipinski definition) is 1. The van der Waals surface area contributed by atoms with Gasteiger partial charge in [0.2, 0.25) is 0 Å². The maximum Gasteiger partial charge on any atom is 0.153 e. The molecule has 1 aromatic heterocycles. The van der Waals surface area contributed by atoms with Gasteiger partial charge in [0, 0.05) is 14.6 Å². The van der Waals surface area contributed by atoms with Gasteiger partial charge in [0.05, 0.1) is 0 Å². The lowest BCUT2D eigenvalue weighted by molar-refractivity contribution is 0.482. The van der Waals surface area contributed by atoms with E-state index in [0.717, 1.165) is 14.6 Å². The number of benzene rings is 1. The minimum atomic E-state index is 0.0787. The van der Waals surface area contributed by atoms with Gasteiger partial charge in [0.15, 0.2) is 5.75 Å². The molecule has 0 aliphatic heterocycles. The SMILES string of the molecule is N#Cc1sc2cccc(Br)c2c1O. The summed E-state index contributed by atoms with van der Waals surface area (Å²) in [6.45, 7) is 0. The van der Waals surface area contributed by atoms with Gasteiger partial charge < -0.3 is 5.11 Å². The standard InChI is InChI=1S/C9H4BrNOS/c10-5-2-1-3-6-8(5)9(12)7(4-11)13-6/h1-3,12H. The summed E-state index contributed by atoms with van der Waals surface area (Å²) in [6, 6.07) is 7.56. The van der Waals surface area contributed by atoms with E-state index in [1.807, 2.05) is 24.3 Å². The topological polar surface area (TPSA) is 44.0 Å². The van der Waals surface area contributed by atoms with Crippen LogP contribution in [0.5, 0.6) is 5.75 Å². The summed E-state index contributed by atoms with van der Waals surface area (Å²) in [6.07, 6.45) is 0. The maximum atomic E-state index is 9.63. The molecule has 0 spiro atoms. The van der Waals surface area contributed by atoms with Crippen LogP contribution in [0.3, 0.4) is 0 Å². The van der Waals surface area contributed by atoms with E-state index in [1.54, 1.807) is 0 Å². The second-order valence-corrected chi connectivity index (χ2v) is 4.41. The fraction of sp³-hybridized carbons (Fsp3) is 0. The van der Waals surface area contributed by atoms with E-state index in [9.17, 15) is 5.11 Å². The molecule has 0 saturated heterocycles. The number of hydrogen-bond acceptors (Lipinski definition) is 3. The molecule has 0 atom stereocenters. The normalized spacial score (nSPS) is 10.2. The molecule has 0 radical (unpaired) electrons. The first-order valence-electron chi connectivity index (χ1n) is 3.54. The van der Waals surface area contributed by atoms with Crippen molar-refractivity contribution >= 4 is 37.4 Å². The van der Waals surface area contributed by atoms with Crippen LogP contribution in [-0.2, 0) is 0 Å². The fourth-order valence-corrected chi connectivity index (χ4v) is 2.77. The van der Waals surface area contributed by atoms with Gasteiger partial charge in [0.25, 0.3) is 0 Å². The van der Waals surface area contributed by atoms with Crippen molar-refractivity contribution < 1.29 is 5.11 Å². The van der Waals surface area contributed by atoms with Crippen LogP contribution in [-0.4, -0.2) is 5.11 Å². The Bertz CT molecular complexity index is 512. The second-order valence-electron chi connectivity index (χ2n) is 2.50. The summed E-state index contributed by atoms with van der Waals surface area (Å²) in [5.74, 6) is 0.0787. The Labute approximate surface area is 87.2 Å². The summed E-state index contributed by atoms with van der Waals surface area (Å²) >= 11 is 4.62. The van der Waals surface area contributed by atoms with Crippen molar-refractivity contribution in [2.45, 2.75) is 0 Å². The van der Waals surface area contributed by atoms with Gasteiger partial charge in [-0.15, -0.1) is 11.3 Å². The third-order valence-electron chi connectivity index (χ3n) is 1.74. The van der Waals surface area contributed by atoms with Crippen LogP contribution < -0.4 is 0 Å². The summed E-state index contributed by atoms with van der Waals surface area (Å²) in [4.78, 5) is 0.363. The van der Waals surface area contributed by atoms with Crippen LogP contribution in [0.25, 0.3) is 10.1 Å². The molecule has 0 saturated carbocycles. The molecule has 2 nitrogen and oxygen atoms in total. The zero-order valence-corrected chi connectivity index (χ0v) is 8.82. The lowest BCUT2D eigenvalue weighted by Gasteiger charge is -1.93. The molecule has 1 N–H and O–H groups in total. The van der Waals surface area contributed by atoms with Gasteiger partial charge in [-0.3, -0.25) is 0 Å². The number of aromatic hydroxyl groups is 1. The van der Waals surface area contributed by atoms with E-state index in [-0.39, 0.29) is 5.75 Å². The fourth-order valence-electron chi connectivity index (χ4n) is 1.17. The Morgan fingerprint density at radius 2 is 2.23 bits per heavy atom. The van der Waals surface area contributed by atoms with Crippen LogP contribution in [0.2, 0.25) is 0 Å². The monoisotopic (exact) mass is 253 g/mol. The average molecular weight is 254 g/mol. The molecule has 0 bridgehead atoms. The van der Waals surface area contributed by atoms with Gasteiger partial charge in [-0.05, 0) is 28.1 Å². The highest BCUT2D eigenvalue weighted by Crippen LogP contribution is 2.40. The Morgan fingerprint density at radius 1 is 1.46 bits per heavy atom. The Kier molecular flexibility index (Phi) is 1.98. The molecule has 0 unspecified atom stereocenters. The molecular weight excluding hydrogens is 250 g/mol. The van der Waals surface area contributed by atoms with E-state index in [0.29, 0.717) is 4.88 Å². The smallest absolute Gasteiger partial charge is 0.153 e. The van der Waals surface area contributed by atoms with E-state index < -0.39 is 0 Å². The Balaban J connectivity index is 2.95. The van der Waals surface area contributed by atoms with Crippen molar-refractivity contribution in [1.29, 1.82) is 5.26 Å². The van der Waals surface area contributed by atoms with Gasteiger partial charge in [0.1, 0.15) is 10.9 Å². The predicted molar refractivity (Wildman–Crippen MR) is 55.9 cm³/mol. The van der Waals surface area contributed by atoms with Crippen molar-refractivity contribution in [3.05, 3.63) is 27.5 Å². The highest BCUT2D eigenvalue weighted by Gasteiger charge is 2.12. The molecule has 0 aliphatic carbocycles. The van der Waals surface area contributed by atoms with E-state index in [1.165, 1.54) is 11.3 Å². The van der Waals surface area contributed by atoms with Crippen molar-refractivity contribution in [3.63, 3.8) is 0 Å². The van der Waals surface area contributed by atoms with Crippen molar-refractivity contribution in [2.24, 2.45) is 0 Å². The quantitative estimate of drug-likeness (QED) is 0.784. The van der Waals surface area contributed by atoms with Crippen molar-refractivity contribution in [2.75, 3.05) is 0 Å². The first kappa shape index (κ1) is 8.54. The largest absolute Gasteiger partial charge is 0.505 e. The molecule has 1 aromatic carbocycles. The second kappa shape index (κ2) is 3.02. The van der Waals surface area contributed by atoms with Gasteiger partial charge in [-0.25, -0.2) is 0 Å². The number of thiophene rings is 1. The van der Waals surface area contributed by atoms with Gasteiger partial charge >= 0.3 is 0 Å². The first-order valence-corrected chi connectivity index (χ1v) is 5.15. The van der Waals surface area contributed by atoms with Crippen LogP contribution in [0, 0.1) is 11.3 Å². The highest BCUT2D eigenvalue weighted by atomic mass is 79.9. The molecule has 2 aromatic rings. The third kappa shape index (κ3) is 1.21. The molecule has 1 heterocycles. The molecule has 13 heavy (non-hydrogen) atoms. The molecular formula is C9H4BrNOS. The average Bonchev–Trinajstić information content (AvgIpc) is 2.44. The van der Waals surface area contributed by atoms with Crippen molar-refractivity contribution in [3.8, 4) is 11.8 Å². The first-order chi connectivity index (χ1) is 6.24. The minimum Gasteiger partial charge on any atom is -0.505 e. The van der Waals surface area contributed by atoms with Crippen LogP contribution in [0.1, 0.15) is 4.88 Å². The lowest BCUT2D eigenvalue weighted by atomic mass is 10.2. The summed E-state index contributed by atoms with van der Waals surface area (Å²) < 4.78 is 1.74. The number of fused-ring (bicyclic) bond motifs is 1. The molecule has 0 aliphatic rings. The van der Waals surface area contributed by atoms with Crippen molar-refractivity contribution in [1.82, 2.24) is 0 Å². The van der Waals surface area contributed by atoms with E-state index >= 15 is 0 Å². The highest BCUT2D eigenvalue weighted by molar-refractivity contribution is 9.10. The third-order valence-corrected chi connectivity index (χ3v) is 3.45. The molecule has 4 heteroatoms. The molecule has 64 valence electrons. The van der Waals surface area contributed by atoms with Crippen LogP contribution in [0.15, 0.2) is 22.7 Å². The number of nitriles is 1. The lowest BCUT2D eigenvalue weighted by Crippen LogP contribution is -1.67. The number of nitrogens with zero attached hydrogens (tertiary/aromatic N) is 1. The van der Waals surface area contributed by atoms with E-state index in [2.05, 4.69) is 15.9 Å². The molecule has 2 rings (SSSR count).